The van der Waals surface area contributed by atoms with Crippen molar-refractivity contribution in [2.45, 2.75) is 18.7 Å². The minimum Gasteiger partial charge on any atom is -0.465 e. The molecule has 0 saturated heterocycles. The molecule has 0 fully saturated rings. The van der Waals surface area contributed by atoms with Gasteiger partial charge < -0.3 is 9.73 Å². The van der Waals surface area contributed by atoms with E-state index in [9.17, 15) is 13.2 Å². The van der Waals surface area contributed by atoms with Crippen molar-refractivity contribution < 1.29 is 17.6 Å². The Morgan fingerprint density at radius 2 is 1.81 bits per heavy atom. The number of nitrogens with one attached hydrogen (secondary N) is 3. The molecule has 1 heterocycles. The maximum absolute atomic E-state index is 12.7. The molecule has 160 valence electrons. The molecule has 31 heavy (non-hydrogen) atoms. The Bertz CT molecular complexity index is 1220. The van der Waals surface area contributed by atoms with Crippen LogP contribution in [0.3, 0.4) is 0 Å². The SMILES string of the molecule is Cc1ccc(NS(=O)(=O)c2ccc(NC(=S)NC(=O)/C=C/c3ccco3)cc2)c(C)c1. The molecule has 2 aromatic carbocycles. The zero-order chi connectivity index (χ0) is 22.4. The van der Waals surface area contributed by atoms with Gasteiger partial charge in [-0.05, 0) is 80.2 Å². The van der Waals surface area contributed by atoms with E-state index >= 15 is 0 Å². The monoisotopic (exact) mass is 455 g/mol. The van der Waals surface area contributed by atoms with Gasteiger partial charge in [0.2, 0.25) is 5.91 Å². The predicted octanol–water partition coefficient (Wildman–Crippen LogP) is 4.22. The van der Waals surface area contributed by atoms with Gasteiger partial charge in [-0.15, -0.1) is 0 Å². The third-order valence-electron chi connectivity index (χ3n) is 4.23. The topological polar surface area (TPSA) is 100 Å². The molecule has 0 saturated carbocycles. The Morgan fingerprint density at radius 3 is 2.45 bits per heavy atom. The van der Waals surface area contributed by atoms with E-state index in [4.69, 9.17) is 16.6 Å². The van der Waals surface area contributed by atoms with Crippen LogP contribution in [0.25, 0.3) is 6.08 Å². The van der Waals surface area contributed by atoms with Crippen molar-refractivity contribution in [3.05, 3.63) is 83.8 Å². The number of carbonyl (C=O) groups excluding carboxylic acids is 1. The van der Waals surface area contributed by atoms with Crippen LogP contribution in [0.15, 0.2) is 76.2 Å². The highest BCUT2D eigenvalue weighted by atomic mass is 32.2. The van der Waals surface area contributed by atoms with Gasteiger partial charge in [0.25, 0.3) is 10.0 Å². The molecule has 0 unspecified atom stereocenters. The normalized spacial score (nSPS) is 11.3. The lowest BCUT2D eigenvalue weighted by Crippen LogP contribution is -2.32. The van der Waals surface area contributed by atoms with Gasteiger partial charge in [0.1, 0.15) is 5.76 Å². The van der Waals surface area contributed by atoms with E-state index < -0.39 is 15.9 Å². The van der Waals surface area contributed by atoms with Crippen LogP contribution in [0, 0.1) is 13.8 Å². The summed E-state index contributed by atoms with van der Waals surface area (Å²) in [7, 11) is -3.74. The number of sulfonamides is 1. The summed E-state index contributed by atoms with van der Waals surface area (Å²) >= 11 is 5.11. The molecule has 0 atom stereocenters. The van der Waals surface area contributed by atoms with Crippen molar-refractivity contribution >= 4 is 50.7 Å². The summed E-state index contributed by atoms with van der Waals surface area (Å²) in [5.74, 6) is 0.117. The number of hydrogen-bond donors (Lipinski definition) is 3. The first-order valence-electron chi connectivity index (χ1n) is 9.27. The zero-order valence-corrected chi connectivity index (χ0v) is 18.5. The maximum Gasteiger partial charge on any atom is 0.261 e. The molecule has 1 amide bonds. The molecular formula is C22H21N3O4S2. The van der Waals surface area contributed by atoms with Gasteiger partial charge in [0.15, 0.2) is 5.11 Å². The molecule has 9 heteroatoms. The minimum absolute atomic E-state index is 0.0816. The van der Waals surface area contributed by atoms with Crippen molar-refractivity contribution in [2.24, 2.45) is 0 Å². The number of thiocarbonyl (C=S) groups is 1. The second kappa shape index (κ2) is 9.59. The number of rotatable bonds is 6. The number of benzene rings is 2. The summed E-state index contributed by atoms with van der Waals surface area (Å²) in [4.78, 5) is 12.0. The third-order valence-corrected chi connectivity index (χ3v) is 5.81. The van der Waals surface area contributed by atoms with Crippen molar-refractivity contribution in [1.29, 1.82) is 0 Å². The lowest BCUT2D eigenvalue weighted by Gasteiger charge is -2.12. The number of aryl methyl sites for hydroxylation is 2. The van der Waals surface area contributed by atoms with E-state index in [2.05, 4.69) is 15.4 Å². The molecule has 7 nitrogen and oxygen atoms in total. The fourth-order valence-corrected chi connectivity index (χ4v) is 4.06. The second-order valence-electron chi connectivity index (χ2n) is 6.74. The summed E-state index contributed by atoms with van der Waals surface area (Å²) in [5.41, 5.74) is 2.95. The van der Waals surface area contributed by atoms with Crippen molar-refractivity contribution in [2.75, 3.05) is 10.0 Å². The Kier molecular flexibility index (Phi) is 6.88. The Morgan fingerprint density at radius 1 is 1.06 bits per heavy atom. The Balaban J connectivity index is 1.60. The van der Waals surface area contributed by atoms with Crippen molar-refractivity contribution in [3.8, 4) is 0 Å². The van der Waals surface area contributed by atoms with Crippen LogP contribution < -0.4 is 15.4 Å². The lowest BCUT2D eigenvalue weighted by atomic mass is 10.1. The number of carbonyl (C=O) groups is 1. The highest BCUT2D eigenvalue weighted by molar-refractivity contribution is 7.92. The van der Waals surface area contributed by atoms with E-state index in [0.29, 0.717) is 17.1 Å². The second-order valence-corrected chi connectivity index (χ2v) is 8.83. The number of hydrogen-bond acceptors (Lipinski definition) is 5. The first kappa shape index (κ1) is 22.3. The van der Waals surface area contributed by atoms with Gasteiger partial charge in [-0.2, -0.15) is 0 Å². The van der Waals surface area contributed by atoms with Crippen LogP contribution in [-0.2, 0) is 14.8 Å². The average Bonchev–Trinajstić information content (AvgIpc) is 3.22. The van der Waals surface area contributed by atoms with E-state index in [0.717, 1.165) is 11.1 Å². The van der Waals surface area contributed by atoms with E-state index in [1.165, 1.54) is 30.5 Å². The van der Waals surface area contributed by atoms with Gasteiger partial charge in [0, 0.05) is 11.8 Å². The molecule has 0 spiro atoms. The van der Waals surface area contributed by atoms with Gasteiger partial charge >= 0.3 is 0 Å². The molecule has 3 aromatic rings. The first-order chi connectivity index (χ1) is 14.7. The fraction of sp³-hybridized carbons (Fsp3) is 0.0909. The summed E-state index contributed by atoms with van der Waals surface area (Å²) in [6.07, 6.45) is 4.31. The molecule has 3 rings (SSSR count). The van der Waals surface area contributed by atoms with E-state index in [1.807, 2.05) is 26.0 Å². The molecule has 0 radical (unpaired) electrons. The summed E-state index contributed by atoms with van der Waals surface area (Å²) in [6.45, 7) is 3.79. The molecule has 0 aliphatic carbocycles. The number of amides is 1. The molecule has 3 N–H and O–H groups in total. The van der Waals surface area contributed by atoms with Crippen LogP contribution in [0.2, 0.25) is 0 Å². The summed E-state index contributed by atoms with van der Waals surface area (Å²) < 4.78 is 33.0. The lowest BCUT2D eigenvalue weighted by molar-refractivity contribution is -0.115. The van der Waals surface area contributed by atoms with E-state index in [-0.39, 0.29) is 10.0 Å². The first-order valence-corrected chi connectivity index (χ1v) is 11.2. The van der Waals surface area contributed by atoms with Gasteiger partial charge in [0.05, 0.1) is 16.8 Å². The average molecular weight is 456 g/mol. The third kappa shape index (κ3) is 6.27. The molecule has 0 bridgehead atoms. The van der Waals surface area contributed by atoms with Crippen LogP contribution in [0.4, 0.5) is 11.4 Å². The highest BCUT2D eigenvalue weighted by Crippen LogP contribution is 2.21. The van der Waals surface area contributed by atoms with E-state index in [1.54, 1.807) is 30.3 Å². The van der Waals surface area contributed by atoms with Crippen LogP contribution in [0.5, 0.6) is 0 Å². The Labute approximate surface area is 186 Å². The largest absolute Gasteiger partial charge is 0.465 e. The molecule has 1 aromatic heterocycles. The minimum atomic E-state index is -3.74. The fourth-order valence-electron chi connectivity index (χ4n) is 2.71. The summed E-state index contributed by atoms with van der Waals surface area (Å²) in [5, 5.41) is 5.42. The van der Waals surface area contributed by atoms with Gasteiger partial charge in [-0.1, -0.05) is 17.7 Å². The van der Waals surface area contributed by atoms with Crippen LogP contribution >= 0.6 is 12.2 Å². The van der Waals surface area contributed by atoms with Crippen LogP contribution in [0.1, 0.15) is 16.9 Å². The standard InChI is InChI=1S/C22H21N3O4S2/c1-15-5-11-20(16(2)14-15)25-31(27,28)19-9-6-17(7-10-19)23-22(30)24-21(26)12-8-18-4-3-13-29-18/h3-14,25H,1-2H3,(H2,23,24,26,30)/b12-8+. The zero-order valence-electron chi connectivity index (χ0n) is 16.9. The molecular weight excluding hydrogens is 434 g/mol. The summed E-state index contributed by atoms with van der Waals surface area (Å²) in [6, 6.07) is 14.9. The molecule has 0 aliphatic heterocycles. The number of furan rings is 1. The highest BCUT2D eigenvalue weighted by Gasteiger charge is 2.15. The van der Waals surface area contributed by atoms with Crippen molar-refractivity contribution in [1.82, 2.24) is 5.32 Å². The van der Waals surface area contributed by atoms with Crippen molar-refractivity contribution in [3.63, 3.8) is 0 Å². The molecule has 0 aliphatic rings. The van der Waals surface area contributed by atoms with Crippen LogP contribution in [-0.4, -0.2) is 19.4 Å². The quantitative estimate of drug-likeness (QED) is 0.380. The maximum atomic E-state index is 12.7. The smallest absolute Gasteiger partial charge is 0.261 e. The Hall–Kier alpha value is -3.43. The predicted molar refractivity (Wildman–Crippen MR) is 125 cm³/mol. The number of anilines is 2. The van der Waals surface area contributed by atoms with Gasteiger partial charge in [-0.25, -0.2) is 8.42 Å². The van der Waals surface area contributed by atoms with Gasteiger partial charge in [-0.3, -0.25) is 14.8 Å².